The minimum atomic E-state index is -0.339. The Morgan fingerprint density at radius 1 is 1.38 bits per heavy atom. The van der Waals surface area contributed by atoms with Crippen molar-refractivity contribution in [1.82, 2.24) is 9.99 Å². The lowest BCUT2D eigenvalue weighted by molar-refractivity contribution is 0.0876. The van der Waals surface area contributed by atoms with Crippen LogP contribution in [-0.4, -0.2) is 22.3 Å². The van der Waals surface area contributed by atoms with Crippen LogP contribution in [0.3, 0.4) is 0 Å². The summed E-state index contributed by atoms with van der Waals surface area (Å²) >= 11 is 0. The van der Waals surface area contributed by atoms with Crippen LogP contribution in [0.1, 0.15) is 36.7 Å². The van der Waals surface area contributed by atoms with Gasteiger partial charge in [0, 0.05) is 17.1 Å². The SMILES string of the molecule is C=C(OC(C)(C)C)n1cc2c3c(cccc31)C(=O)NN=C2. The average molecular weight is 283 g/mol. The number of hydrazone groups is 1. The molecule has 0 spiro atoms. The summed E-state index contributed by atoms with van der Waals surface area (Å²) in [6.45, 7) is 9.90. The summed E-state index contributed by atoms with van der Waals surface area (Å²) in [4.78, 5) is 12.0. The Labute approximate surface area is 122 Å². The number of aromatic nitrogens is 1. The molecule has 3 rings (SSSR count). The first-order valence-corrected chi connectivity index (χ1v) is 6.72. The van der Waals surface area contributed by atoms with E-state index in [9.17, 15) is 4.79 Å². The van der Waals surface area contributed by atoms with E-state index in [2.05, 4.69) is 17.1 Å². The quantitative estimate of drug-likeness (QED) is 0.861. The van der Waals surface area contributed by atoms with Crippen molar-refractivity contribution in [3.8, 4) is 0 Å². The van der Waals surface area contributed by atoms with Crippen molar-refractivity contribution in [2.75, 3.05) is 0 Å². The maximum Gasteiger partial charge on any atom is 0.272 e. The number of carbonyl (C=O) groups is 1. The largest absolute Gasteiger partial charge is 0.473 e. The number of benzene rings is 1. The molecule has 1 aromatic heterocycles. The molecule has 0 aliphatic carbocycles. The Morgan fingerprint density at radius 2 is 2.14 bits per heavy atom. The molecule has 1 aromatic carbocycles. The third-order valence-electron chi connectivity index (χ3n) is 3.17. The zero-order valence-corrected chi connectivity index (χ0v) is 12.3. The Kier molecular flexibility index (Phi) is 2.86. The van der Waals surface area contributed by atoms with E-state index in [1.165, 1.54) is 0 Å². The summed E-state index contributed by atoms with van der Waals surface area (Å²) in [5.74, 6) is 0.306. The molecule has 0 bridgehead atoms. The van der Waals surface area contributed by atoms with E-state index in [1.54, 1.807) is 12.3 Å². The molecule has 1 amide bonds. The van der Waals surface area contributed by atoms with Crippen molar-refractivity contribution in [3.05, 3.63) is 42.1 Å². The molecule has 1 N–H and O–H groups in total. The second-order valence-electron chi connectivity index (χ2n) is 5.96. The number of nitrogens with one attached hydrogen (secondary N) is 1. The van der Waals surface area contributed by atoms with Crippen molar-refractivity contribution in [2.45, 2.75) is 26.4 Å². The standard InChI is InChI=1S/C16H17N3O2/c1-10(21-16(2,3)4)19-9-11-8-17-18-15(20)12-6-5-7-13(19)14(11)12/h5-9H,1H2,2-4H3,(H,18,20). The second kappa shape index (κ2) is 4.48. The van der Waals surface area contributed by atoms with Crippen molar-refractivity contribution in [1.29, 1.82) is 0 Å². The molecule has 0 saturated heterocycles. The van der Waals surface area contributed by atoms with Crippen LogP contribution in [0.4, 0.5) is 0 Å². The highest BCUT2D eigenvalue weighted by Gasteiger charge is 2.21. The zero-order chi connectivity index (χ0) is 15.2. The van der Waals surface area contributed by atoms with E-state index in [1.807, 2.05) is 43.7 Å². The summed E-state index contributed by atoms with van der Waals surface area (Å²) in [5.41, 5.74) is 4.49. The van der Waals surface area contributed by atoms with Crippen molar-refractivity contribution < 1.29 is 9.53 Å². The molecule has 5 nitrogen and oxygen atoms in total. The van der Waals surface area contributed by atoms with Gasteiger partial charge in [0.2, 0.25) is 0 Å². The van der Waals surface area contributed by atoms with Gasteiger partial charge < -0.3 is 4.74 Å². The van der Waals surface area contributed by atoms with Crippen molar-refractivity contribution >= 4 is 28.9 Å². The molecule has 1 aliphatic rings. The second-order valence-corrected chi connectivity index (χ2v) is 5.96. The van der Waals surface area contributed by atoms with Gasteiger partial charge in [0.05, 0.1) is 17.3 Å². The molecule has 0 fully saturated rings. The lowest BCUT2D eigenvalue weighted by Gasteiger charge is -2.23. The van der Waals surface area contributed by atoms with Crippen LogP contribution in [0.25, 0.3) is 16.8 Å². The molecule has 0 atom stereocenters. The van der Waals surface area contributed by atoms with Crippen LogP contribution in [0.2, 0.25) is 0 Å². The van der Waals surface area contributed by atoms with Gasteiger partial charge in [-0.25, -0.2) is 5.43 Å². The first-order chi connectivity index (χ1) is 9.87. The van der Waals surface area contributed by atoms with E-state index in [0.29, 0.717) is 11.4 Å². The van der Waals surface area contributed by atoms with Crippen LogP contribution >= 0.6 is 0 Å². The fourth-order valence-corrected chi connectivity index (χ4v) is 2.43. The number of carbonyl (C=O) groups excluding carboxylic acids is 1. The van der Waals surface area contributed by atoms with Gasteiger partial charge in [0.1, 0.15) is 5.60 Å². The molecule has 108 valence electrons. The van der Waals surface area contributed by atoms with Gasteiger partial charge in [-0.05, 0) is 39.5 Å². The summed E-state index contributed by atoms with van der Waals surface area (Å²) in [6, 6.07) is 5.56. The Morgan fingerprint density at radius 3 is 2.86 bits per heavy atom. The topological polar surface area (TPSA) is 55.6 Å². The zero-order valence-electron chi connectivity index (χ0n) is 12.3. The van der Waals surface area contributed by atoms with Crippen molar-refractivity contribution in [3.63, 3.8) is 0 Å². The fraction of sp³-hybridized carbons (Fsp3) is 0.250. The maximum atomic E-state index is 12.0. The normalized spacial score (nSPS) is 14.0. The number of nitrogens with zero attached hydrogens (tertiary/aromatic N) is 2. The predicted molar refractivity (Wildman–Crippen MR) is 83.2 cm³/mol. The third kappa shape index (κ3) is 2.31. The Balaban J connectivity index is 2.20. The van der Waals surface area contributed by atoms with Crippen LogP contribution in [0.15, 0.2) is 36.1 Å². The van der Waals surface area contributed by atoms with Crippen molar-refractivity contribution in [2.24, 2.45) is 5.10 Å². The van der Waals surface area contributed by atoms with Gasteiger partial charge in [-0.2, -0.15) is 5.10 Å². The number of amides is 1. The molecule has 1 aliphatic heterocycles. The summed E-state index contributed by atoms with van der Waals surface area (Å²) < 4.78 is 7.68. The first-order valence-electron chi connectivity index (χ1n) is 6.72. The van der Waals surface area contributed by atoms with Crippen LogP contribution in [0.5, 0.6) is 0 Å². The molecule has 0 radical (unpaired) electrons. The Hall–Kier alpha value is -2.56. The number of ether oxygens (including phenoxy) is 1. The molecule has 0 saturated carbocycles. The first kappa shape index (κ1) is 13.4. The van der Waals surface area contributed by atoms with Gasteiger partial charge in [0.15, 0.2) is 5.88 Å². The van der Waals surface area contributed by atoms with Gasteiger partial charge in [-0.1, -0.05) is 6.07 Å². The molecular weight excluding hydrogens is 266 g/mol. The van der Waals surface area contributed by atoms with Crippen LogP contribution in [-0.2, 0) is 4.74 Å². The average Bonchev–Trinajstić information content (AvgIpc) is 2.67. The van der Waals surface area contributed by atoms with Crippen LogP contribution < -0.4 is 5.43 Å². The molecule has 0 unspecified atom stereocenters. The van der Waals surface area contributed by atoms with E-state index in [-0.39, 0.29) is 11.5 Å². The highest BCUT2D eigenvalue weighted by atomic mass is 16.5. The summed E-state index contributed by atoms with van der Waals surface area (Å²) in [5, 5.41) is 4.79. The third-order valence-corrected chi connectivity index (χ3v) is 3.17. The van der Waals surface area contributed by atoms with E-state index < -0.39 is 0 Å². The van der Waals surface area contributed by atoms with Crippen LogP contribution in [0, 0.1) is 0 Å². The van der Waals surface area contributed by atoms with Gasteiger partial charge in [-0.15, -0.1) is 0 Å². The highest BCUT2D eigenvalue weighted by Crippen LogP contribution is 2.29. The highest BCUT2D eigenvalue weighted by molar-refractivity contribution is 6.14. The Bertz CT molecular complexity index is 779. The summed E-state index contributed by atoms with van der Waals surface area (Å²) in [6.07, 6.45) is 3.52. The minimum absolute atomic E-state index is 0.212. The minimum Gasteiger partial charge on any atom is -0.473 e. The van der Waals surface area contributed by atoms with Gasteiger partial charge >= 0.3 is 0 Å². The maximum absolute atomic E-state index is 12.0. The van der Waals surface area contributed by atoms with E-state index in [4.69, 9.17) is 4.74 Å². The lowest BCUT2D eigenvalue weighted by atomic mass is 10.1. The molecule has 21 heavy (non-hydrogen) atoms. The monoisotopic (exact) mass is 283 g/mol. The van der Waals surface area contributed by atoms with E-state index >= 15 is 0 Å². The molecular formula is C16H17N3O2. The van der Waals surface area contributed by atoms with E-state index in [0.717, 1.165) is 16.5 Å². The van der Waals surface area contributed by atoms with Gasteiger partial charge in [-0.3, -0.25) is 9.36 Å². The smallest absolute Gasteiger partial charge is 0.272 e. The number of rotatable bonds is 2. The molecule has 2 heterocycles. The number of hydrogen-bond acceptors (Lipinski definition) is 3. The number of hydrogen-bond donors (Lipinski definition) is 1. The predicted octanol–water partition coefficient (Wildman–Crippen LogP) is 2.96. The fourth-order valence-electron chi connectivity index (χ4n) is 2.43. The summed E-state index contributed by atoms with van der Waals surface area (Å²) in [7, 11) is 0. The molecule has 5 heteroatoms. The van der Waals surface area contributed by atoms with Gasteiger partial charge in [0.25, 0.3) is 5.91 Å². The lowest BCUT2D eigenvalue weighted by Crippen LogP contribution is -2.20. The molecule has 2 aromatic rings.